The molecule has 0 aromatic heterocycles. The van der Waals surface area contributed by atoms with Crippen molar-refractivity contribution < 1.29 is 31.1 Å². The van der Waals surface area contributed by atoms with Crippen molar-refractivity contribution in [2.24, 2.45) is 0 Å². The number of carbonyl (C=O) groups excluding carboxylic acids is 1. The zero-order chi connectivity index (χ0) is 19.4. The van der Waals surface area contributed by atoms with Crippen LogP contribution in [0.2, 0.25) is 0 Å². The van der Waals surface area contributed by atoms with Gasteiger partial charge in [0.25, 0.3) is 0 Å². The first-order valence-corrected chi connectivity index (χ1v) is 7.60. The minimum Gasteiger partial charge on any atom is -0.295 e. The molecule has 0 saturated carbocycles. The minimum atomic E-state index is -4.42. The Morgan fingerprint density at radius 1 is 0.769 bits per heavy atom. The smallest absolute Gasteiger partial charge is 0.295 e. The van der Waals surface area contributed by atoms with E-state index in [2.05, 4.69) is 0 Å². The van der Waals surface area contributed by atoms with Gasteiger partial charge in [-0.25, -0.2) is 0 Å². The van der Waals surface area contributed by atoms with Gasteiger partial charge in [-0.3, -0.25) is 4.79 Å². The van der Waals surface area contributed by atoms with E-state index in [-0.39, 0.29) is 18.6 Å². The number of benzene rings is 2. The van der Waals surface area contributed by atoms with Crippen molar-refractivity contribution in [3.8, 4) is 0 Å². The Balaban J connectivity index is 1.89. The third-order valence-electron chi connectivity index (χ3n) is 3.64. The van der Waals surface area contributed by atoms with Crippen molar-refractivity contribution in [2.45, 2.75) is 25.2 Å². The van der Waals surface area contributed by atoms with Crippen LogP contribution in [0.1, 0.15) is 28.7 Å². The molecule has 26 heavy (non-hydrogen) atoms. The molecule has 0 radical (unpaired) electrons. The number of hydrogen-bond acceptors (Lipinski definition) is 1. The average Bonchev–Trinajstić information content (AvgIpc) is 2.57. The van der Waals surface area contributed by atoms with E-state index >= 15 is 0 Å². The van der Waals surface area contributed by atoms with Gasteiger partial charge in [-0.15, -0.1) is 0 Å². The van der Waals surface area contributed by atoms with Crippen LogP contribution in [0.25, 0.3) is 6.08 Å². The Hall–Kier alpha value is -2.57. The normalized spacial score (nSPS) is 12.5. The Morgan fingerprint density at radius 3 is 1.69 bits per heavy atom. The molecule has 2 aromatic rings. The first kappa shape index (κ1) is 19.8. The lowest BCUT2D eigenvalue weighted by Gasteiger charge is -2.07. The topological polar surface area (TPSA) is 17.1 Å². The summed E-state index contributed by atoms with van der Waals surface area (Å²) in [5.74, 6) is -0.273. The Morgan fingerprint density at radius 2 is 1.23 bits per heavy atom. The predicted molar refractivity (Wildman–Crippen MR) is 85.3 cm³/mol. The molecule has 0 heterocycles. The Labute approximate surface area is 146 Å². The molecule has 2 aromatic carbocycles. The number of rotatable bonds is 5. The fourth-order valence-corrected chi connectivity index (χ4v) is 2.18. The summed E-state index contributed by atoms with van der Waals surface area (Å²) in [4.78, 5) is 11.8. The molecular weight excluding hydrogens is 358 g/mol. The quantitative estimate of drug-likeness (QED) is 0.469. The molecular formula is C19H14F6O. The highest BCUT2D eigenvalue weighted by Crippen LogP contribution is 2.30. The van der Waals surface area contributed by atoms with Crippen molar-refractivity contribution >= 4 is 11.9 Å². The maximum Gasteiger partial charge on any atom is 0.416 e. The highest BCUT2D eigenvalue weighted by Gasteiger charge is 2.30. The first-order valence-electron chi connectivity index (χ1n) is 7.60. The lowest BCUT2D eigenvalue weighted by atomic mass is 10.0. The van der Waals surface area contributed by atoms with Crippen LogP contribution in [-0.4, -0.2) is 5.78 Å². The van der Waals surface area contributed by atoms with Crippen molar-refractivity contribution in [1.29, 1.82) is 0 Å². The van der Waals surface area contributed by atoms with Gasteiger partial charge in [0.2, 0.25) is 0 Å². The van der Waals surface area contributed by atoms with Crippen LogP contribution in [0.15, 0.2) is 54.6 Å². The SMILES string of the molecule is O=C(/C=C/c1ccc(C(F)(F)F)cc1)CCc1ccc(C(F)(F)F)cc1. The fraction of sp³-hybridized carbons (Fsp3) is 0.211. The largest absolute Gasteiger partial charge is 0.416 e. The van der Waals surface area contributed by atoms with Gasteiger partial charge in [-0.2, -0.15) is 26.3 Å². The third kappa shape index (κ3) is 5.75. The molecule has 7 heteroatoms. The number of halogens is 6. The minimum absolute atomic E-state index is 0.0858. The molecule has 2 rings (SSSR count). The number of hydrogen-bond donors (Lipinski definition) is 0. The van der Waals surface area contributed by atoms with Gasteiger partial charge in [0.1, 0.15) is 0 Å². The van der Waals surface area contributed by atoms with Gasteiger partial charge < -0.3 is 0 Å². The average molecular weight is 372 g/mol. The molecule has 0 atom stereocenters. The van der Waals surface area contributed by atoms with Crippen LogP contribution >= 0.6 is 0 Å². The van der Waals surface area contributed by atoms with Gasteiger partial charge in [0, 0.05) is 6.42 Å². The van der Waals surface area contributed by atoms with Crippen LogP contribution in [0, 0.1) is 0 Å². The molecule has 0 aliphatic rings. The summed E-state index contributed by atoms with van der Waals surface area (Å²) in [6.07, 6.45) is -5.82. The summed E-state index contributed by atoms with van der Waals surface area (Å²) in [7, 11) is 0. The fourth-order valence-electron chi connectivity index (χ4n) is 2.18. The lowest BCUT2D eigenvalue weighted by Crippen LogP contribution is -2.04. The van der Waals surface area contributed by atoms with Crippen molar-refractivity contribution in [1.82, 2.24) is 0 Å². The second-order valence-corrected chi connectivity index (χ2v) is 5.61. The standard InChI is InChI=1S/C19H14F6O/c20-18(21,22)15-7-1-13(2-8-15)5-11-17(26)12-6-14-3-9-16(10-4-14)19(23,24)25/h1-5,7-11H,6,12H2/b11-5+. The van der Waals surface area contributed by atoms with Gasteiger partial charge >= 0.3 is 12.4 Å². The van der Waals surface area contributed by atoms with Crippen molar-refractivity contribution in [3.63, 3.8) is 0 Å². The molecule has 0 saturated heterocycles. The monoisotopic (exact) mass is 372 g/mol. The van der Waals surface area contributed by atoms with E-state index in [0.29, 0.717) is 11.1 Å². The maximum absolute atomic E-state index is 12.5. The van der Waals surface area contributed by atoms with Gasteiger partial charge in [-0.05, 0) is 47.9 Å². The maximum atomic E-state index is 12.5. The predicted octanol–water partition coefficient (Wildman–Crippen LogP) is 5.94. The second kappa shape index (κ2) is 7.76. The van der Waals surface area contributed by atoms with E-state index in [9.17, 15) is 31.1 Å². The van der Waals surface area contributed by atoms with E-state index < -0.39 is 23.5 Å². The molecule has 0 aliphatic carbocycles. The van der Waals surface area contributed by atoms with E-state index in [4.69, 9.17) is 0 Å². The van der Waals surface area contributed by atoms with Crippen LogP contribution in [0.3, 0.4) is 0 Å². The third-order valence-corrected chi connectivity index (χ3v) is 3.64. The summed E-state index contributed by atoms with van der Waals surface area (Å²) in [5, 5.41) is 0. The number of carbonyl (C=O) groups is 1. The summed E-state index contributed by atoms with van der Waals surface area (Å²) in [6, 6.07) is 8.89. The van der Waals surface area contributed by atoms with Crippen LogP contribution < -0.4 is 0 Å². The summed E-state index contributed by atoms with van der Waals surface area (Å²) >= 11 is 0. The molecule has 138 valence electrons. The zero-order valence-electron chi connectivity index (χ0n) is 13.4. The molecule has 0 bridgehead atoms. The second-order valence-electron chi connectivity index (χ2n) is 5.61. The van der Waals surface area contributed by atoms with E-state index in [1.54, 1.807) is 0 Å². The van der Waals surface area contributed by atoms with Crippen molar-refractivity contribution in [3.05, 3.63) is 76.9 Å². The molecule has 0 aliphatic heterocycles. The molecule has 0 amide bonds. The zero-order valence-corrected chi connectivity index (χ0v) is 13.4. The highest BCUT2D eigenvalue weighted by molar-refractivity contribution is 5.93. The van der Waals surface area contributed by atoms with Gasteiger partial charge in [0.15, 0.2) is 5.78 Å². The number of allylic oxidation sites excluding steroid dienone is 1. The van der Waals surface area contributed by atoms with Gasteiger partial charge in [-0.1, -0.05) is 30.3 Å². The molecule has 1 nitrogen and oxygen atoms in total. The van der Waals surface area contributed by atoms with E-state index in [1.165, 1.54) is 36.4 Å². The van der Waals surface area contributed by atoms with Crippen LogP contribution in [-0.2, 0) is 23.6 Å². The van der Waals surface area contributed by atoms with Gasteiger partial charge in [0.05, 0.1) is 11.1 Å². The molecule has 0 unspecified atom stereocenters. The van der Waals surface area contributed by atoms with Crippen LogP contribution in [0.4, 0.5) is 26.3 Å². The number of aryl methyl sites for hydroxylation is 1. The first-order chi connectivity index (χ1) is 12.1. The van der Waals surface area contributed by atoms with E-state index in [0.717, 1.165) is 24.3 Å². The Bertz CT molecular complexity index is 768. The molecule has 0 spiro atoms. The summed E-state index contributed by atoms with van der Waals surface area (Å²) < 4.78 is 74.7. The van der Waals surface area contributed by atoms with Crippen LogP contribution in [0.5, 0.6) is 0 Å². The molecule has 0 fully saturated rings. The lowest BCUT2D eigenvalue weighted by molar-refractivity contribution is -0.138. The molecule has 0 N–H and O–H groups in total. The van der Waals surface area contributed by atoms with E-state index in [1.807, 2.05) is 0 Å². The summed E-state index contributed by atoms with van der Waals surface area (Å²) in [5.41, 5.74) is -0.492. The number of ketones is 1. The van der Waals surface area contributed by atoms with Crippen molar-refractivity contribution in [2.75, 3.05) is 0 Å². The Kier molecular flexibility index (Phi) is 5.90. The highest BCUT2D eigenvalue weighted by atomic mass is 19.4. The summed E-state index contributed by atoms with van der Waals surface area (Å²) in [6.45, 7) is 0. The number of alkyl halides is 6.